The van der Waals surface area contributed by atoms with Crippen molar-refractivity contribution in [1.29, 1.82) is 0 Å². The molecule has 2 atom stereocenters. The summed E-state index contributed by atoms with van der Waals surface area (Å²) in [6, 6.07) is 14.2. The smallest absolute Gasteiger partial charge is 0.193 e. The quantitative estimate of drug-likeness (QED) is 0.109. The molecule has 0 aliphatic rings. The number of ketones is 3. The number of carbonyl (C=O) groups excluding carboxylic acids is 3. The molecule has 220 valence electrons. The van der Waals surface area contributed by atoms with Gasteiger partial charge in [-0.2, -0.15) is 0 Å². The van der Waals surface area contributed by atoms with Crippen molar-refractivity contribution in [1.82, 2.24) is 0 Å². The van der Waals surface area contributed by atoms with Crippen LogP contribution in [0, 0.1) is 11.8 Å². The lowest BCUT2D eigenvalue weighted by molar-refractivity contribution is 0.0947. The van der Waals surface area contributed by atoms with Crippen molar-refractivity contribution >= 4 is 17.3 Å². The Balaban J connectivity index is 1.95. The van der Waals surface area contributed by atoms with Gasteiger partial charge in [0.25, 0.3) is 0 Å². The Bertz CT molecular complexity index is 921. The van der Waals surface area contributed by atoms with Gasteiger partial charge in [0.2, 0.25) is 0 Å². The summed E-state index contributed by atoms with van der Waals surface area (Å²) in [7, 11) is 0. The summed E-state index contributed by atoms with van der Waals surface area (Å²) in [4.78, 5) is 39.0. The van der Waals surface area contributed by atoms with Crippen LogP contribution < -0.4 is 0 Å². The predicted molar refractivity (Wildman–Crippen MR) is 169 cm³/mol. The van der Waals surface area contributed by atoms with E-state index in [-0.39, 0.29) is 17.3 Å². The lowest BCUT2D eigenvalue weighted by Crippen LogP contribution is -2.10. The molecule has 3 heteroatoms. The number of Topliss-reactive ketones (excluding diaryl/α,β-unsaturated/α-hetero) is 2. The Morgan fingerprint density at radius 1 is 0.450 bits per heavy atom. The Morgan fingerprint density at radius 3 is 1.12 bits per heavy atom. The molecule has 2 rings (SSSR count). The maximum atomic E-state index is 13.1. The lowest BCUT2D eigenvalue weighted by Gasteiger charge is -2.15. The normalized spacial score (nSPS) is 12.7. The van der Waals surface area contributed by atoms with Crippen LogP contribution in [0.4, 0.5) is 0 Å². The van der Waals surface area contributed by atoms with Crippen molar-refractivity contribution in [3.05, 3.63) is 70.8 Å². The molecule has 0 N–H and O–H groups in total. The number of hydrogen-bond donors (Lipinski definition) is 0. The molecule has 0 bridgehead atoms. The minimum Gasteiger partial charge on any atom is -0.294 e. The van der Waals surface area contributed by atoms with E-state index in [9.17, 15) is 14.4 Å². The first kappa shape index (κ1) is 33.7. The number of unbranched alkanes of at least 4 members (excludes halogenated alkanes) is 6. The van der Waals surface area contributed by atoms with Crippen molar-refractivity contribution < 1.29 is 14.4 Å². The highest BCUT2D eigenvalue weighted by Crippen LogP contribution is 2.24. The zero-order chi connectivity index (χ0) is 29.2. The maximum Gasteiger partial charge on any atom is 0.193 e. The highest BCUT2D eigenvalue weighted by Gasteiger charge is 2.18. The molecular formula is C37H54O3. The topological polar surface area (TPSA) is 51.2 Å². The van der Waals surface area contributed by atoms with E-state index in [1.54, 1.807) is 48.5 Å². The van der Waals surface area contributed by atoms with E-state index in [2.05, 4.69) is 27.7 Å². The molecule has 2 aromatic rings. The summed E-state index contributed by atoms with van der Waals surface area (Å²) in [6.45, 7) is 8.81. The van der Waals surface area contributed by atoms with Gasteiger partial charge in [-0.05, 0) is 11.8 Å². The second-order valence-electron chi connectivity index (χ2n) is 11.7. The predicted octanol–water partition coefficient (Wildman–Crippen LogP) is 10.8. The van der Waals surface area contributed by atoms with E-state index >= 15 is 0 Å². The molecule has 0 aromatic heterocycles. The van der Waals surface area contributed by atoms with Gasteiger partial charge in [0, 0.05) is 35.1 Å². The number of benzene rings is 2. The van der Waals surface area contributed by atoms with Crippen LogP contribution in [0.1, 0.15) is 167 Å². The van der Waals surface area contributed by atoms with Gasteiger partial charge in [-0.1, -0.05) is 166 Å². The van der Waals surface area contributed by atoms with Crippen LogP contribution in [0.3, 0.4) is 0 Å². The molecule has 3 nitrogen and oxygen atoms in total. The summed E-state index contributed by atoms with van der Waals surface area (Å²) < 4.78 is 0. The van der Waals surface area contributed by atoms with Crippen molar-refractivity contribution in [3.63, 3.8) is 0 Å². The van der Waals surface area contributed by atoms with Gasteiger partial charge < -0.3 is 0 Å². The molecule has 0 heterocycles. The third-order valence-electron chi connectivity index (χ3n) is 8.21. The first-order valence-electron chi connectivity index (χ1n) is 16.2. The second-order valence-corrected chi connectivity index (χ2v) is 11.7. The lowest BCUT2D eigenvalue weighted by atomic mass is 9.89. The summed E-state index contributed by atoms with van der Waals surface area (Å²) in [5, 5.41) is 0. The van der Waals surface area contributed by atoms with Crippen molar-refractivity contribution in [3.8, 4) is 0 Å². The summed E-state index contributed by atoms with van der Waals surface area (Å²) >= 11 is 0. The minimum absolute atomic E-state index is 0.0856. The van der Waals surface area contributed by atoms with Gasteiger partial charge in [0.1, 0.15) is 0 Å². The van der Waals surface area contributed by atoms with E-state index in [1.165, 1.54) is 51.4 Å². The van der Waals surface area contributed by atoms with Crippen LogP contribution in [-0.2, 0) is 0 Å². The van der Waals surface area contributed by atoms with Crippen molar-refractivity contribution in [2.24, 2.45) is 11.8 Å². The highest BCUT2D eigenvalue weighted by molar-refractivity contribution is 6.10. The molecule has 2 aromatic carbocycles. The van der Waals surface area contributed by atoms with Crippen LogP contribution in [0.15, 0.2) is 48.5 Å². The van der Waals surface area contributed by atoms with E-state index in [0.717, 1.165) is 38.5 Å². The second kappa shape index (κ2) is 19.5. The molecule has 0 spiro atoms. The van der Waals surface area contributed by atoms with E-state index in [4.69, 9.17) is 0 Å². The maximum absolute atomic E-state index is 13.1. The zero-order valence-corrected chi connectivity index (χ0v) is 25.8. The molecule has 0 aliphatic carbocycles. The van der Waals surface area contributed by atoms with Gasteiger partial charge in [-0.25, -0.2) is 0 Å². The van der Waals surface area contributed by atoms with Gasteiger partial charge >= 0.3 is 0 Å². The van der Waals surface area contributed by atoms with Crippen molar-refractivity contribution in [2.45, 2.75) is 130 Å². The summed E-state index contributed by atoms with van der Waals surface area (Å²) in [5.41, 5.74) is 2.50. The molecule has 0 radical (unpaired) electrons. The summed E-state index contributed by atoms with van der Waals surface area (Å²) in [5.74, 6) is 1.13. The van der Waals surface area contributed by atoms with Crippen molar-refractivity contribution in [2.75, 3.05) is 0 Å². The first-order valence-corrected chi connectivity index (χ1v) is 16.2. The molecule has 0 saturated heterocycles. The SMILES string of the molecule is CCCCCCC(CCC)CC(=O)c1ccc(C(=O)c2ccc(C(=O)CC(CCC)CCCCCC)cc2)cc1. The van der Waals surface area contributed by atoms with Crippen LogP contribution in [-0.4, -0.2) is 17.3 Å². The number of rotatable bonds is 22. The van der Waals surface area contributed by atoms with Gasteiger partial charge in [0.05, 0.1) is 0 Å². The molecule has 0 fully saturated rings. The van der Waals surface area contributed by atoms with E-state index in [1.807, 2.05) is 0 Å². The summed E-state index contributed by atoms with van der Waals surface area (Å²) in [6.07, 6.45) is 17.6. The van der Waals surface area contributed by atoms with Crippen LogP contribution in [0.25, 0.3) is 0 Å². The Labute approximate surface area is 244 Å². The number of carbonyl (C=O) groups is 3. The molecule has 0 amide bonds. The van der Waals surface area contributed by atoms with Gasteiger partial charge in [-0.15, -0.1) is 0 Å². The van der Waals surface area contributed by atoms with Crippen LogP contribution >= 0.6 is 0 Å². The third kappa shape index (κ3) is 11.9. The third-order valence-corrected chi connectivity index (χ3v) is 8.21. The standard InChI is InChI=1S/C37H54O3/c1-5-9-11-13-17-29(15-7-3)27-35(38)31-19-23-33(24-20-31)37(40)34-25-21-32(22-26-34)36(39)28-30(16-8-4)18-14-12-10-6-2/h19-26,29-30H,5-18,27-28H2,1-4H3. The molecule has 40 heavy (non-hydrogen) atoms. The fourth-order valence-electron chi connectivity index (χ4n) is 5.77. The molecule has 0 aliphatic heterocycles. The number of hydrogen-bond acceptors (Lipinski definition) is 3. The Morgan fingerprint density at radius 2 is 0.800 bits per heavy atom. The highest BCUT2D eigenvalue weighted by atomic mass is 16.1. The Hall–Kier alpha value is -2.55. The zero-order valence-electron chi connectivity index (χ0n) is 25.8. The van der Waals surface area contributed by atoms with Crippen LogP contribution in [0.5, 0.6) is 0 Å². The van der Waals surface area contributed by atoms with Gasteiger partial charge in [0.15, 0.2) is 17.3 Å². The first-order chi connectivity index (χ1) is 19.4. The van der Waals surface area contributed by atoms with E-state index in [0.29, 0.717) is 46.9 Å². The minimum atomic E-state index is -0.0856. The Kier molecular flexibility index (Phi) is 16.4. The average molecular weight is 547 g/mol. The molecular weight excluding hydrogens is 492 g/mol. The largest absolute Gasteiger partial charge is 0.294 e. The monoisotopic (exact) mass is 546 g/mol. The average Bonchev–Trinajstić information content (AvgIpc) is 2.97. The molecule has 2 unspecified atom stereocenters. The fourth-order valence-corrected chi connectivity index (χ4v) is 5.77. The van der Waals surface area contributed by atoms with Crippen LogP contribution in [0.2, 0.25) is 0 Å². The molecule has 0 saturated carbocycles. The fraction of sp³-hybridized carbons (Fsp3) is 0.595. The van der Waals surface area contributed by atoms with E-state index < -0.39 is 0 Å². The van der Waals surface area contributed by atoms with Gasteiger partial charge in [-0.3, -0.25) is 14.4 Å².